The van der Waals surface area contributed by atoms with Gasteiger partial charge in [0.25, 0.3) is 5.92 Å². The van der Waals surface area contributed by atoms with Gasteiger partial charge in [-0.25, -0.2) is 18.4 Å². The number of alkyl halides is 2. The average molecular weight is 390 g/mol. The van der Waals surface area contributed by atoms with E-state index < -0.39 is 11.3 Å². The molecule has 28 heavy (non-hydrogen) atoms. The number of halogens is 2. The molecule has 1 fully saturated rings. The van der Waals surface area contributed by atoms with Gasteiger partial charge in [0.05, 0.1) is 45.0 Å². The van der Waals surface area contributed by atoms with Gasteiger partial charge in [-0.3, -0.25) is 4.98 Å². The van der Waals surface area contributed by atoms with Gasteiger partial charge in [0.1, 0.15) is 11.2 Å². The average Bonchev–Trinajstić information content (AvgIpc) is 3.18. The van der Waals surface area contributed by atoms with Gasteiger partial charge in [0.15, 0.2) is 0 Å². The molecule has 0 unspecified atom stereocenters. The Kier molecular flexibility index (Phi) is 4.09. The highest BCUT2D eigenvalue weighted by atomic mass is 19.3. The highest BCUT2D eigenvalue weighted by Gasteiger charge is 2.54. The molecule has 10 heteroatoms. The lowest BCUT2D eigenvalue weighted by Crippen LogP contribution is -2.34. The Morgan fingerprint density at radius 1 is 1.04 bits per heavy atom. The molecule has 1 saturated heterocycles. The normalized spacial score (nSPS) is 17.9. The SMILES string of the molecule is COc1ncc(-n2cc3c(N4CC(C)(C)C(F)(F)C4)cncc3n2)c(OC)n1. The van der Waals surface area contributed by atoms with E-state index >= 15 is 0 Å². The number of fused-ring (bicyclic) bond motifs is 1. The topological polar surface area (TPSA) is 78.2 Å². The standard InChI is InChI=1S/C18H20F2N6O2/c1-17(2)9-25(10-18(17,19)20)13-6-21-5-12-11(13)8-26(24-12)14-7-22-16(28-4)23-15(14)27-3/h5-8H,9-10H2,1-4H3. The molecule has 148 valence electrons. The van der Waals surface area contributed by atoms with Crippen LogP contribution in [-0.4, -0.2) is 58.0 Å². The summed E-state index contributed by atoms with van der Waals surface area (Å²) >= 11 is 0. The summed E-state index contributed by atoms with van der Waals surface area (Å²) < 4.78 is 40.6. The summed E-state index contributed by atoms with van der Waals surface area (Å²) in [6.45, 7) is 3.01. The fraction of sp³-hybridized carbons (Fsp3) is 0.444. The molecule has 0 radical (unpaired) electrons. The highest BCUT2D eigenvalue weighted by molar-refractivity contribution is 5.91. The maximum absolute atomic E-state index is 14.4. The van der Waals surface area contributed by atoms with E-state index in [1.807, 2.05) is 0 Å². The van der Waals surface area contributed by atoms with Gasteiger partial charge in [0, 0.05) is 23.5 Å². The number of nitrogens with zero attached hydrogens (tertiary/aromatic N) is 6. The number of hydrogen-bond acceptors (Lipinski definition) is 7. The van der Waals surface area contributed by atoms with Crippen molar-refractivity contribution in [3.8, 4) is 17.6 Å². The van der Waals surface area contributed by atoms with Crippen LogP contribution in [0.5, 0.6) is 11.9 Å². The van der Waals surface area contributed by atoms with E-state index in [9.17, 15) is 8.78 Å². The fourth-order valence-electron chi connectivity index (χ4n) is 3.33. The molecule has 3 aromatic heterocycles. The monoisotopic (exact) mass is 390 g/mol. The molecule has 0 amide bonds. The Morgan fingerprint density at radius 3 is 2.46 bits per heavy atom. The lowest BCUT2D eigenvalue weighted by Gasteiger charge is -2.24. The van der Waals surface area contributed by atoms with E-state index in [0.717, 1.165) is 0 Å². The zero-order chi connectivity index (χ0) is 20.1. The van der Waals surface area contributed by atoms with Gasteiger partial charge >= 0.3 is 6.01 Å². The quantitative estimate of drug-likeness (QED) is 0.678. The van der Waals surface area contributed by atoms with E-state index in [-0.39, 0.29) is 25.0 Å². The molecule has 0 aromatic carbocycles. The van der Waals surface area contributed by atoms with Crippen LogP contribution in [0.1, 0.15) is 13.8 Å². The first kappa shape index (κ1) is 18.3. The predicted molar refractivity (Wildman–Crippen MR) is 98.5 cm³/mol. The predicted octanol–water partition coefficient (Wildman–Crippen LogP) is 2.71. The summed E-state index contributed by atoms with van der Waals surface area (Å²) in [5.41, 5.74) is 0.557. The second kappa shape index (κ2) is 6.25. The number of methoxy groups -OCH3 is 2. The van der Waals surface area contributed by atoms with Gasteiger partial charge in [-0.1, -0.05) is 13.8 Å². The number of rotatable bonds is 4. The van der Waals surface area contributed by atoms with Crippen molar-refractivity contribution in [1.82, 2.24) is 24.7 Å². The zero-order valence-corrected chi connectivity index (χ0v) is 16.0. The summed E-state index contributed by atoms with van der Waals surface area (Å²) in [6.07, 6.45) is 6.44. The third-order valence-electron chi connectivity index (χ3n) is 5.06. The minimum atomic E-state index is -2.79. The number of hydrogen-bond donors (Lipinski definition) is 0. The first-order valence-electron chi connectivity index (χ1n) is 8.67. The number of aromatic nitrogens is 5. The molecule has 8 nitrogen and oxygen atoms in total. The summed E-state index contributed by atoms with van der Waals surface area (Å²) in [7, 11) is 2.94. The molecule has 0 saturated carbocycles. The van der Waals surface area contributed by atoms with E-state index in [2.05, 4.69) is 20.1 Å². The minimum Gasteiger partial charge on any atom is -0.479 e. The van der Waals surface area contributed by atoms with Gasteiger partial charge in [-0.2, -0.15) is 10.1 Å². The second-order valence-electron chi connectivity index (χ2n) is 7.36. The van der Waals surface area contributed by atoms with Crippen molar-refractivity contribution in [2.45, 2.75) is 19.8 Å². The molecule has 4 heterocycles. The van der Waals surface area contributed by atoms with Crippen LogP contribution in [0.4, 0.5) is 14.5 Å². The Morgan fingerprint density at radius 2 is 1.82 bits per heavy atom. The smallest absolute Gasteiger partial charge is 0.319 e. The molecule has 1 aliphatic rings. The molecule has 4 rings (SSSR count). The lowest BCUT2D eigenvalue weighted by molar-refractivity contribution is -0.0642. The molecule has 0 spiro atoms. The molecule has 0 N–H and O–H groups in total. The summed E-state index contributed by atoms with van der Waals surface area (Å²) in [4.78, 5) is 14.1. The maximum Gasteiger partial charge on any atom is 0.319 e. The van der Waals surface area contributed by atoms with Crippen LogP contribution >= 0.6 is 0 Å². The molecule has 0 bridgehead atoms. The van der Waals surface area contributed by atoms with Crippen molar-refractivity contribution in [3.63, 3.8) is 0 Å². The molecule has 0 atom stereocenters. The van der Waals surface area contributed by atoms with Crippen molar-refractivity contribution in [3.05, 3.63) is 24.8 Å². The molecular formula is C18H20F2N6O2. The van der Waals surface area contributed by atoms with Crippen molar-refractivity contribution < 1.29 is 18.3 Å². The summed E-state index contributed by atoms with van der Waals surface area (Å²) in [5.74, 6) is -2.51. The Bertz CT molecular complexity index is 1020. The molecular weight excluding hydrogens is 370 g/mol. The Balaban J connectivity index is 1.79. The third-order valence-corrected chi connectivity index (χ3v) is 5.06. The summed E-state index contributed by atoms with van der Waals surface area (Å²) in [5, 5.41) is 5.20. The van der Waals surface area contributed by atoms with Crippen LogP contribution < -0.4 is 14.4 Å². The molecule has 1 aliphatic heterocycles. The number of anilines is 1. The van der Waals surface area contributed by atoms with Crippen molar-refractivity contribution in [1.29, 1.82) is 0 Å². The number of pyridine rings is 1. The lowest BCUT2D eigenvalue weighted by atomic mass is 9.89. The van der Waals surface area contributed by atoms with E-state index in [1.165, 1.54) is 20.4 Å². The number of ether oxygens (including phenoxy) is 2. The van der Waals surface area contributed by atoms with Crippen LogP contribution in [0.15, 0.2) is 24.8 Å². The van der Waals surface area contributed by atoms with Gasteiger partial charge in [0.2, 0.25) is 5.88 Å². The largest absolute Gasteiger partial charge is 0.479 e. The van der Waals surface area contributed by atoms with Crippen molar-refractivity contribution >= 4 is 16.6 Å². The zero-order valence-electron chi connectivity index (χ0n) is 16.0. The van der Waals surface area contributed by atoms with Crippen LogP contribution in [0.25, 0.3) is 16.6 Å². The van der Waals surface area contributed by atoms with Crippen molar-refractivity contribution in [2.75, 3.05) is 32.2 Å². The molecule has 0 aliphatic carbocycles. The maximum atomic E-state index is 14.4. The van der Waals surface area contributed by atoms with E-state index in [4.69, 9.17) is 9.47 Å². The minimum absolute atomic E-state index is 0.168. The van der Waals surface area contributed by atoms with E-state index in [1.54, 1.807) is 42.0 Å². The first-order chi connectivity index (χ1) is 13.3. The van der Waals surface area contributed by atoms with E-state index in [0.29, 0.717) is 22.3 Å². The van der Waals surface area contributed by atoms with Gasteiger partial charge < -0.3 is 14.4 Å². The van der Waals surface area contributed by atoms with Gasteiger partial charge in [-0.15, -0.1) is 0 Å². The molecule has 3 aromatic rings. The summed E-state index contributed by atoms with van der Waals surface area (Å²) in [6, 6.07) is 0.168. The third kappa shape index (κ3) is 2.79. The first-order valence-corrected chi connectivity index (χ1v) is 8.67. The van der Waals surface area contributed by atoms with Crippen LogP contribution in [-0.2, 0) is 0 Å². The Labute approximate surface area is 160 Å². The van der Waals surface area contributed by atoms with Crippen LogP contribution in [0.2, 0.25) is 0 Å². The van der Waals surface area contributed by atoms with Crippen molar-refractivity contribution in [2.24, 2.45) is 5.41 Å². The highest BCUT2D eigenvalue weighted by Crippen LogP contribution is 2.45. The van der Waals surface area contributed by atoms with Crippen LogP contribution in [0.3, 0.4) is 0 Å². The van der Waals surface area contributed by atoms with Crippen LogP contribution in [0, 0.1) is 5.41 Å². The van der Waals surface area contributed by atoms with Gasteiger partial charge in [-0.05, 0) is 0 Å². The fourth-order valence-corrected chi connectivity index (χ4v) is 3.33. The Hall–Kier alpha value is -3.04. The second-order valence-corrected chi connectivity index (χ2v) is 7.36.